The third-order valence-electron chi connectivity index (χ3n) is 2.76. The van der Waals surface area contributed by atoms with E-state index < -0.39 is 0 Å². The minimum Gasteiger partial charge on any atom is -0.497 e. The molecular weight excluding hydrogens is 212 g/mol. The molecule has 1 N–H and O–H groups in total. The van der Waals surface area contributed by atoms with Gasteiger partial charge in [0.15, 0.2) is 0 Å². The van der Waals surface area contributed by atoms with Gasteiger partial charge in [0.05, 0.1) is 7.11 Å². The van der Waals surface area contributed by atoms with Crippen molar-refractivity contribution in [3.63, 3.8) is 0 Å². The molecule has 0 aromatic heterocycles. The molecule has 0 amide bonds. The van der Waals surface area contributed by atoms with Gasteiger partial charge in [0.2, 0.25) is 0 Å². The summed E-state index contributed by atoms with van der Waals surface area (Å²) in [5.41, 5.74) is 1.31. The monoisotopic (exact) mass is 236 g/mol. The molecule has 3 nitrogen and oxygen atoms in total. The molecule has 0 heterocycles. The van der Waals surface area contributed by atoms with Gasteiger partial charge in [-0.1, -0.05) is 19.1 Å². The van der Waals surface area contributed by atoms with E-state index in [1.807, 2.05) is 13.1 Å². The second-order valence-electron chi connectivity index (χ2n) is 4.23. The van der Waals surface area contributed by atoms with Gasteiger partial charge in [0, 0.05) is 19.6 Å². The SMILES string of the molecule is CCCN(CCNC)Cc1cccc(OC)c1. The summed E-state index contributed by atoms with van der Waals surface area (Å²) in [6.07, 6.45) is 1.19. The van der Waals surface area contributed by atoms with Gasteiger partial charge in [0.25, 0.3) is 0 Å². The number of methoxy groups -OCH3 is 1. The van der Waals surface area contributed by atoms with Gasteiger partial charge in [0.1, 0.15) is 5.75 Å². The van der Waals surface area contributed by atoms with Crippen molar-refractivity contribution in [3.8, 4) is 5.75 Å². The Balaban J connectivity index is 2.57. The Hall–Kier alpha value is -1.06. The minimum absolute atomic E-state index is 0.938. The summed E-state index contributed by atoms with van der Waals surface area (Å²) in [7, 11) is 3.71. The van der Waals surface area contributed by atoms with Crippen molar-refractivity contribution < 1.29 is 4.74 Å². The van der Waals surface area contributed by atoms with Gasteiger partial charge in [-0.3, -0.25) is 4.90 Å². The van der Waals surface area contributed by atoms with Crippen LogP contribution in [-0.2, 0) is 6.54 Å². The first-order chi connectivity index (χ1) is 8.30. The van der Waals surface area contributed by atoms with E-state index in [4.69, 9.17) is 4.74 Å². The van der Waals surface area contributed by atoms with Crippen molar-refractivity contribution in [2.45, 2.75) is 19.9 Å². The Morgan fingerprint density at radius 3 is 2.76 bits per heavy atom. The molecule has 0 aliphatic rings. The fraction of sp³-hybridized carbons (Fsp3) is 0.571. The zero-order chi connectivity index (χ0) is 12.5. The van der Waals surface area contributed by atoms with Gasteiger partial charge >= 0.3 is 0 Å². The number of likely N-dealkylation sites (N-methyl/N-ethyl adjacent to an activating group) is 1. The van der Waals surface area contributed by atoms with Crippen LogP contribution >= 0.6 is 0 Å². The maximum atomic E-state index is 5.25. The van der Waals surface area contributed by atoms with Crippen molar-refractivity contribution in [1.82, 2.24) is 10.2 Å². The predicted molar refractivity (Wildman–Crippen MR) is 72.5 cm³/mol. The number of benzene rings is 1. The second-order valence-corrected chi connectivity index (χ2v) is 4.23. The van der Waals surface area contributed by atoms with Crippen molar-refractivity contribution in [3.05, 3.63) is 29.8 Å². The molecule has 1 aromatic carbocycles. The summed E-state index contributed by atoms with van der Waals surface area (Å²) in [4.78, 5) is 2.46. The van der Waals surface area contributed by atoms with E-state index in [1.165, 1.54) is 12.0 Å². The van der Waals surface area contributed by atoms with Gasteiger partial charge in [-0.2, -0.15) is 0 Å². The molecule has 1 rings (SSSR count). The molecule has 0 unspecified atom stereocenters. The van der Waals surface area contributed by atoms with E-state index >= 15 is 0 Å². The molecule has 17 heavy (non-hydrogen) atoms. The van der Waals surface area contributed by atoms with Crippen LogP contribution in [0.4, 0.5) is 0 Å². The van der Waals surface area contributed by atoms with Crippen LogP contribution in [0.5, 0.6) is 5.75 Å². The number of hydrogen-bond acceptors (Lipinski definition) is 3. The molecule has 0 atom stereocenters. The third-order valence-corrected chi connectivity index (χ3v) is 2.76. The maximum Gasteiger partial charge on any atom is 0.119 e. The largest absolute Gasteiger partial charge is 0.497 e. The number of rotatable bonds is 8. The Kier molecular flexibility index (Phi) is 6.67. The molecule has 0 aliphatic heterocycles. The van der Waals surface area contributed by atoms with Crippen LogP contribution in [0.2, 0.25) is 0 Å². The number of nitrogens with zero attached hydrogens (tertiary/aromatic N) is 1. The molecular formula is C14H24N2O. The lowest BCUT2D eigenvalue weighted by Gasteiger charge is -2.21. The highest BCUT2D eigenvalue weighted by Crippen LogP contribution is 2.14. The number of nitrogens with one attached hydrogen (secondary N) is 1. The summed E-state index contributed by atoms with van der Waals surface area (Å²) in [6, 6.07) is 8.31. The highest BCUT2D eigenvalue weighted by Gasteiger charge is 2.05. The Morgan fingerprint density at radius 2 is 2.12 bits per heavy atom. The average molecular weight is 236 g/mol. The van der Waals surface area contributed by atoms with Crippen LogP contribution in [-0.4, -0.2) is 38.7 Å². The second kappa shape index (κ2) is 8.09. The molecule has 1 aromatic rings. The van der Waals surface area contributed by atoms with Gasteiger partial charge in [-0.05, 0) is 37.7 Å². The lowest BCUT2D eigenvalue weighted by Crippen LogP contribution is -2.31. The highest BCUT2D eigenvalue weighted by atomic mass is 16.5. The van der Waals surface area contributed by atoms with Crippen LogP contribution in [0.25, 0.3) is 0 Å². The smallest absolute Gasteiger partial charge is 0.119 e. The van der Waals surface area contributed by atoms with Crippen LogP contribution in [0.1, 0.15) is 18.9 Å². The fourth-order valence-electron chi connectivity index (χ4n) is 1.89. The summed E-state index contributed by atoms with van der Waals surface area (Å²) >= 11 is 0. The topological polar surface area (TPSA) is 24.5 Å². The van der Waals surface area contributed by atoms with Crippen LogP contribution in [0.15, 0.2) is 24.3 Å². The lowest BCUT2D eigenvalue weighted by atomic mass is 10.2. The normalized spacial score (nSPS) is 10.8. The molecule has 0 bridgehead atoms. The standard InChI is InChI=1S/C14H24N2O/c1-4-9-16(10-8-15-2)12-13-6-5-7-14(11-13)17-3/h5-7,11,15H,4,8-10,12H2,1-3H3. The Morgan fingerprint density at radius 1 is 1.29 bits per heavy atom. The van der Waals surface area contributed by atoms with Crippen molar-refractivity contribution in [1.29, 1.82) is 0 Å². The minimum atomic E-state index is 0.938. The first-order valence-electron chi connectivity index (χ1n) is 6.30. The zero-order valence-electron chi connectivity index (χ0n) is 11.2. The van der Waals surface area contributed by atoms with Crippen LogP contribution in [0, 0.1) is 0 Å². The molecule has 3 heteroatoms. The fourth-order valence-corrected chi connectivity index (χ4v) is 1.89. The molecule has 0 saturated heterocycles. The van der Waals surface area contributed by atoms with Gasteiger partial charge in [-0.25, -0.2) is 0 Å². The van der Waals surface area contributed by atoms with E-state index in [1.54, 1.807) is 7.11 Å². The zero-order valence-corrected chi connectivity index (χ0v) is 11.2. The number of ether oxygens (including phenoxy) is 1. The first-order valence-corrected chi connectivity index (χ1v) is 6.30. The van der Waals surface area contributed by atoms with Crippen LogP contribution in [0.3, 0.4) is 0 Å². The van der Waals surface area contributed by atoms with Crippen molar-refractivity contribution in [2.75, 3.05) is 33.8 Å². The van der Waals surface area contributed by atoms with E-state index in [0.29, 0.717) is 0 Å². The Labute approximate surface area is 105 Å². The Bertz CT molecular complexity index is 315. The maximum absolute atomic E-state index is 5.25. The summed E-state index contributed by atoms with van der Waals surface area (Å²) in [5.74, 6) is 0.938. The van der Waals surface area contributed by atoms with E-state index in [9.17, 15) is 0 Å². The predicted octanol–water partition coefficient (Wildman–Crippen LogP) is 2.13. The lowest BCUT2D eigenvalue weighted by molar-refractivity contribution is 0.267. The third kappa shape index (κ3) is 5.20. The molecule has 0 radical (unpaired) electrons. The van der Waals surface area contributed by atoms with Crippen molar-refractivity contribution in [2.24, 2.45) is 0 Å². The molecule has 96 valence electrons. The number of hydrogen-bond donors (Lipinski definition) is 1. The van der Waals surface area contributed by atoms with E-state index in [-0.39, 0.29) is 0 Å². The first kappa shape index (κ1) is 14.0. The van der Waals surface area contributed by atoms with E-state index in [0.717, 1.165) is 31.9 Å². The van der Waals surface area contributed by atoms with Gasteiger partial charge < -0.3 is 10.1 Å². The van der Waals surface area contributed by atoms with Crippen LogP contribution < -0.4 is 10.1 Å². The molecule has 0 saturated carbocycles. The average Bonchev–Trinajstić information content (AvgIpc) is 2.36. The van der Waals surface area contributed by atoms with Crippen molar-refractivity contribution >= 4 is 0 Å². The van der Waals surface area contributed by atoms with E-state index in [2.05, 4.69) is 35.3 Å². The van der Waals surface area contributed by atoms with Gasteiger partial charge in [-0.15, -0.1) is 0 Å². The summed E-state index contributed by atoms with van der Waals surface area (Å²) in [6.45, 7) is 6.47. The summed E-state index contributed by atoms with van der Waals surface area (Å²) < 4.78 is 5.25. The quantitative estimate of drug-likeness (QED) is 0.748. The molecule has 0 fully saturated rings. The molecule has 0 aliphatic carbocycles. The molecule has 0 spiro atoms. The summed E-state index contributed by atoms with van der Waals surface area (Å²) in [5, 5.41) is 3.20. The highest BCUT2D eigenvalue weighted by molar-refractivity contribution is 5.28.